The molecule has 3 aromatic rings. The Balaban J connectivity index is 1.33. The summed E-state index contributed by atoms with van der Waals surface area (Å²) in [5, 5.41) is 3.04. The van der Waals surface area contributed by atoms with E-state index in [1.54, 1.807) is 13.2 Å². The van der Waals surface area contributed by atoms with Gasteiger partial charge in [0.2, 0.25) is 5.91 Å². The van der Waals surface area contributed by atoms with Gasteiger partial charge >= 0.3 is 0 Å². The van der Waals surface area contributed by atoms with Gasteiger partial charge in [-0.25, -0.2) is 14.4 Å². The molecule has 2 aromatic carbocycles. The van der Waals surface area contributed by atoms with Crippen LogP contribution in [0.2, 0.25) is 0 Å². The van der Waals surface area contributed by atoms with Crippen molar-refractivity contribution in [1.82, 2.24) is 15.3 Å². The third-order valence-electron chi connectivity index (χ3n) is 5.56. The number of amides is 1. The zero-order valence-electron chi connectivity index (χ0n) is 17.4. The predicted molar refractivity (Wildman–Crippen MR) is 117 cm³/mol. The van der Waals surface area contributed by atoms with Gasteiger partial charge in [-0.2, -0.15) is 0 Å². The molecule has 1 aromatic heterocycles. The van der Waals surface area contributed by atoms with Gasteiger partial charge in [0.25, 0.3) is 0 Å². The first-order valence-corrected chi connectivity index (χ1v) is 10.4. The fourth-order valence-electron chi connectivity index (χ4n) is 3.81. The molecular weight excluding hydrogens is 395 g/mol. The van der Waals surface area contributed by atoms with E-state index < -0.39 is 0 Å². The molecule has 0 spiro atoms. The van der Waals surface area contributed by atoms with Crippen molar-refractivity contribution in [3.8, 4) is 17.0 Å². The van der Waals surface area contributed by atoms with E-state index >= 15 is 0 Å². The summed E-state index contributed by atoms with van der Waals surface area (Å²) in [5.74, 6) is 1.34. The number of piperidine rings is 1. The highest BCUT2D eigenvalue weighted by Crippen LogP contribution is 2.25. The number of nitrogens with zero attached hydrogens (tertiary/aromatic N) is 3. The van der Waals surface area contributed by atoms with Gasteiger partial charge < -0.3 is 15.0 Å². The monoisotopic (exact) mass is 420 g/mol. The first-order valence-electron chi connectivity index (χ1n) is 10.4. The van der Waals surface area contributed by atoms with Crippen molar-refractivity contribution in [2.24, 2.45) is 5.92 Å². The number of methoxy groups -OCH3 is 1. The lowest BCUT2D eigenvalue weighted by Gasteiger charge is -2.32. The molecule has 31 heavy (non-hydrogen) atoms. The van der Waals surface area contributed by atoms with E-state index in [-0.39, 0.29) is 17.6 Å². The lowest BCUT2D eigenvalue weighted by molar-refractivity contribution is -0.125. The molecule has 4 rings (SSSR count). The number of carbonyl (C=O) groups excluding carboxylic acids is 1. The van der Waals surface area contributed by atoms with Crippen LogP contribution in [0.1, 0.15) is 18.4 Å². The zero-order chi connectivity index (χ0) is 21.6. The second-order valence-corrected chi connectivity index (χ2v) is 7.60. The summed E-state index contributed by atoms with van der Waals surface area (Å²) in [6.45, 7) is 1.95. The van der Waals surface area contributed by atoms with Gasteiger partial charge in [0.05, 0.1) is 12.8 Å². The number of hydrogen-bond acceptors (Lipinski definition) is 5. The second kappa shape index (κ2) is 9.55. The van der Waals surface area contributed by atoms with Crippen LogP contribution in [-0.4, -0.2) is 36.1 Å². The minimum absolute atomic E-state index is 0.0219. The van der Waals surface area contributed by atoms with Gasteiger partial charge in [-0.1, -0.05) is 24.3 Å². The number of nitrogens with one attached hydrogen (secondary N) is 1. The van der Waals surface area contributed by atoms with Gasteiger partial charge in [-0.15, -0.1) is 0 Å². The molecule has 1 N–H and O–H groups in total. The number of carbonyl (C=O) groups is 1. The molecule has 1 saturated heterocycles. The Hall–Kier alpha value is -3.48. The van der Waals surface area contributed by atoms with E-state index in [0.29, 0.717) is 12.2 Å². The third kappa shape index (κ3) is 5.17. The van der Waals surface area contributed by atoms with Crippen molar-refractivity contribution in [3.05, 3.63) is 72.3 Å². The molecule has 1 aliphatic heterocycles. The van der Waals surface area contributed by atoms with Crippen molar-refractivity contribution in [1.29, 1.82) is 0 Å². The average Bonchev–Trinajstić information content (AvgIpc) is 2.83. The Morgan fingerprint density at radius 2 is 1.94 bits per heavy atom. The molecule has 1 amide bonds. The Labute approximate surface area is 181 Å². The Morgan fingerprint density at radius 1 is 1.13 bits per heavy atom. The third-order valence-corrected chi connectivity index (χ3v) is 5.56. The van der Waals surface area contributed by atoms with E-state index in [0.717, 1.165) is 48.6 Å². The lowest BCUT2D eigenvalue weighted by Crippen LogP contribution is -2.40. The maximum absolute atomic E-state index is 13.5. The first kappa shape index (κ1) is 20.8. The summed E-state index contributed by atoms with van der Waals surface area (Å²) in [7, 11) is 1.63. The quantitative estimate of drug-likeness (QED) is 0.657. The van der Waals surface area contributed by atoms with E-state index in [4.69, 9.17) is 4.74 Å². The summed E-state index contributed by atoms with van der Waals surface area (Å²) in [5.41, 5.74) is 2.41. The van der Waals surface area contributed by atoms with Crippen LogP contribution in [0.5, 0.6) is 5.75 Å². The molecule has 0 radical (unpaired) electrons. The highest BCUT2D eigenvalue weighted by molar-refractivity contribution is 5.79. The summed E-state index contributed by atoms with van der Waals surface area (Å²) in [6, 6.07) is 15.9. The van der Waals surface area contributed by atoms with Crippen molar-refractivity contribution in [2.45, 2.75) is 19.4 Å². The van der Waals surface area contributed by atoms with Crippen molar-refractivity contribution in [2.75, 3.05) is 25.1 Å². The van der Waals surface area contributed by atoms with Gasteiger partial charge in [0, 0.05) is 37.2 Å². The summed E-state index contributed by atoms with van der Waals surface area (Å²) in [4.78, 5) is 23.4. The minimum atomic E-state index is -0.293. The summed E-state index contributed by atoms with van der Waals surface area (Å²) < 4.78 is 18.8. The SMILES string of the molecule is COc1cccc(CNC(=O)C2CCN(c3cc(-c4cccc(F)c4)ncn3)CC2)c1. The molecule has 1 aliphatic rings. The Morgan fingerprint density at radius 3 is 2.71 bits per heavy atom. The molecule has 7 heteroatoms. The highest BCUT2D eigenvalue weighted by Gasteiger charge is 2.25. The second-order valence-electron chi connectivity index (χ2n) is 7.60. The molecule has 0 atom stereocenters. The number of benzene rings is 2. The van der Waals surface area contributed by atoms with E-state index in [1.807, 2.05) is 36.4 Å². The number of halogens is 1. The number of ether oxygens (including phenoxy) is 1. The van der Waals surface area contributed by atoms with Crippen LogP contribution in [-0.2, 0) is 11.3 Å². The van der Waals surface area contributed by atoms with Crippen LogP contribution in [0.25, 0.3) is 11.3 Å². The maximum atomic E-state index is 13.5. The Kier molecular flexibility index (Phi) is 6.40. The van der Waals surface area contributed by atoms with Crippen LogP contribution in [0.15, 0.2) is 60.9 Å². The standard InChI is InChI=1S/C24H25FN4O2/c1-31-21-7-2-4-17(12-21)15-26-24(30)18-8-10-29(11-9-18)23-14-22(27-16-28-23)19-5-3-6-20(25)13-19/h2-7,12-14,16,18H,8-11,15H2,1H3,(H,26,30). The highest BCUT2D eigenvalue weighted by atomic mass is 19.1. The first-order chi connectivity index (χ1) is 15.1. The average molecular weight is 420 g/mol. The molecule has 0 aliphatic carbocycles. The minimum Gasteiger partial charge on any atom is -0.497 e. The summed E-state index contributed by atoms with van der Waals surface area (Å²) >= 11 is 0. The topological polar surface area (TPSA) is 67.3 Å². The number of anilines is 1. The fraction of sp³-hybridized carbons (Fsp3) is 0.292. The van der Waals surface area contributed by atoms with Gasteiger partial charge in [-0.05, 0) is 42.7 Å². The molecule has 0 bridgehead atoms. The number of rotatable bonds is 6. The maximum Gasteiger partial charge on any atom is 0.223 e. The smallest absolute Gasteiger partial charge is 0.223 e. The molecule has 160 valence electrons. The van der Waals surface area contributed by atoms with Gasteiger partial charge in [0.1, 0.15) is 23.7 Å². The Bertz CT molecular complexity index is 1050. The van der Waals surface area contributed by atoms with Crippen molar-refractivity contribution < 1.29 is 13.9 Å². The molecule has 1 fully saturated rings. The largest absolute Gasteiger partial charge is 0.497 e. The molecule has 6 nitrogen and oxygen atoms in total. The molecule has 2 heterocycles. The number of hydrogen-bond donors (Lipinski definition) is 1. The molecular formula is C24H25FN4O2. The van der Waals surface area contributed by atoms with Crippen LogP contribution >= 0.6 is 0 Å². The van der Waals surface area contributed by atoms with Crippen LogP contribution in [0, 0.1) is 11.7 Å². The zero-order valence-corrected chi connectivity index (χ0v) is 17.4. The van der Waals surface area contributed by atoms with Gasteiger partial charge in [-0.3, -0.25) is 4.79 Å². The van der Waals surface area contributed by atoms with E-state index in [9.17, 15) is 9.18 Å². The summed E-state index contributed by atoms with van der Waals surface area (Å²) in [6.07, 6.45) is 3.01. The van der Waals surface area contributed by atoms with E-state index in [1.165, 1.54) is 18.5 Å². The van der Waals surface area contributed by atoms with Crippen LogP contribution in [0.3, 0.4) is 0 Å². The normalized spacial score (nSPS) is 14.3. The van der Waals surface area contributed by atoms with Crippen LogP contribution < -0.4 is 15.0 Å². The van der Waals surface area contributed by atoms with Crippen molar-refractivity contribution >= 4 is 11.7 Å². The lowest BCUT2D eigenvalue weighted by atomic mass is 9.95. The fourth-order valence-corrected chi connectivity index (χ4v) is 3.81. The molecule has 0 unspecified atom stereocenters. The van der Waals surface area contributed by atoms with Crippen LogP contribution in [0.4, 0.5) is 10.2 Å². The van der Waals surface area contributed by atoms with E-state index in [2.05, 4.69) is 20.2 Å². The number of aromatic nitrogens is 2. The molecule has 0 saturated carbocycles. The predicted octanol–water partition coefficient (Wildman–Crippen LogP) is 3.82. The van der Waals surface area contributed by atoms with Gasteiger partial charge in [0.15, 0.2) is 0 Å². The van der Waals surface area contributed by atoms with Crippen molar-refractivity contribution in [3.63, 3.8) is 0 Å².